The van der Waals surface area contributed by atoms with E-state index in [-0.39, 0.29) is 22.4 Å². The summed E-state index contributed by atoms with van der Waals surface area (Å²) in [6.07, 6.45) is 2.05. The smallest absolute Gasteiger partial charge is 0.347 e. The van der Waals surface area contributed by atoms with Gasteiger partial charge >= 0.3 is 11.5 Å². The highest BCUT2D eigenvalue weighted by molar-refractivity contribution is 5.98. The second kappa shape index (κ2) is 6.64. The van der Waals surface area contributed by atoms with Crippen LogP contribution in [0.5, 0.6) is 5.75 Å². The van der Waals surface area contributed by atoms with E-state index in [1.54, 1.807) is 13.0 Å². The van der Waals surface area contributed by atoms with Crippen LogP contribution in [-0.4, -0.2) is 32.6 Å². The number of aromatic hydroxyl groups is 1. The molecule has 7 nitrogen and oxygen atoms in total. The van der Waals surface area contributed by atoms with Crippen LogP contribution in [0.25, 0.3) is 11.0 Å². The average molecular weight is 340 g/mol. The topological polar surface area (TPSA) is 102 Å². The first kappa shape index (κ1) is 16.5. The van der Waals surface area contributed by atoms with Crippen molar-refractivity contribution < 1.29 is 19.8 Å². The van der Waals surface area contributed by atoms with Gasteiger partial charge in [-0.25, -0.2) is 9.78 Å². The highest BCUT2D eigenvalue weighted by Crippen LogP contribution is 2.26. The first-order valence-corrected chi connectivity index (χ1v) is 7.69. The van der Waals surface area contributed by atoms with Crippen LogP contribution in [0.2, 0.25) is 0 Å². The Labute approximate surface area is 142 Å². The third-order valence-corrected chi connectivity index (χ3v) is 3.75. The Morgan fingerprint density at radius 2 is 1.96 bits per heavy atom. The molecule has 0 aliphatic rings. The third-order valence-electron chi connectivity index (χ3n) is 3.75. The maximum absolute atomic E-state index is 12.1. The molecule has 0 aliphatic heterocycles. The van der Waals surface area contributed by atoms with Gasteiger partial charge in [-0.15, -0.1) is 4.73 Å². The Balaban J connectivity index is 2.15. The SMILES string of the molecule is CCOC(=O)c1c(O)c2cc(Cc3ccccc3)cnc2n(O)c1=O. The number of carbonyl (C=O) groups excluding carboxylic acids is 1. The first-order chi connectivity index (χ1) is 12.0. The minimum absolute atomic E-state index is 0.0352. The Morgan fingerprint density at radius 3 is 2.64 bits per heavy atom. The number of benzene rings is 1. The Morgan fingerprint density at radius 1 is 1.24 bits per heavy atom. The van der Waals surface area contributed by atoms with E-state index in [1.165, 1.54) is 6.20 Å². The van der Waals surface area contributed by atoms with Gasteiger partial charge in [0.05, 0.1) is 12.0 Å². The predicted molar refractivity (Wildman–Crippen MR) is 90.1 cm³/mol. The average Bonchev–Trinajstić information content (AvgIpc) is 2.61. The molecule has 3 rings (SSSR count). The van der Waals surface area contributed by atoms with Crippen molar-refractivity contribution in [1.82, 2.24) is 9.71 Å². The van der Waals surface area contributed by atoms with Gasteiger partial charge in [-0.1, -0.05) is 30.3 Å². The zero-order valence-corrected chi connectivity index (χ0v) is 13.5. The van der Waals surface area contributed by atoms with Crippen LogP contribution in [0.1, 0.15) is 28.4 Å². The molecule has 0 saturated carbocycles. The van der Waals surface area contributed by atoms with Gasteiger partial charge in [0.15, 0.2) is 11.2 Å². The number of ether oxygens (including phenoxy) is 1. The van der Waals surface area contributed by atoms with E-state index in [1.807, 2.05) is 30.3 Å². The standard InChI is InChI=1S/C18H16N2O5/c1-2-25-18(23)14-15(21)13-9-12(8-11-6-4-3-5-7-11)10-19-16(13)20(24)17(14)22/h3-7,9-10,21,24H,2,8H2,1H3. The monoisotopic (exact) mass is 340 g/mol. The number of fused-ring (bicyclic) bond motifs is 1. The van der Waals surface area contributed by atoms with Crippen molar-refractivity contribution in [1.29, 1.82) is 0 Å². The van der Waals surface area contributed by atoms with Gasteiger partial charge < -0.3 is 15.1 Å². The zero-order chi connectivity index (χ0) is 18.0. The van der Waals surface area contributed by atoms with Crippen molar-refractivity contribution >= 4 is 17.0 Å². The molecule has 2 aromatic heterocycles. The van der Waals surface area contributed by atoms with Crippen molar-refractivity contribution in [2.24, 2.45) is 0 Å². The lowest BCUT2D eigenvalue weighted by molar-refractivity contribution is 0.0515. The van der Waals surface area contributed by atoms with Crippen molar-refractivity contribution in [2.75, 3.05) is 6.61 Å². The zero-order valence-electron chi connectivity index (χ0n) is 13.5. The van der Waals surface area contributed by atoms with Gasteiger partial charge in [0.25, 0.3) is 0 Å². The molecule has 0 fully saturated rings. The minimum Gasteiger partial charge on any atom is -0.506 e. The van der Waals surface area contributed by atoms with Crippen molar-refractivity contribution in [2.45, 2.75) is 13.3 Å². The fraction of sp³-hybridized carbons (Fsp3) is 0.167. The molecule has 2 heterocycles. The quantitative estimate of drug-likeness (QED) is 0.557. The maximum atomic E-state index is 12.1. The van der Waals surface area contributed by atoms with E-state index < -0.39 is 22.8 Å². The summed E-state index contributed by atoms with van der Waals surface area (Å²) in [5, 5.41) is 20.5. The van der Waals surface area contributed by atoms with Gasteiger partial charge in [0.2, 0.25) is 0 Å². The number of hydrogen-bond acceptors (Lipinski definition) is 6. The summed E-state index contributed by atoms with van der Waals surface area (Å²) in [5.41, 5.74) is -0.0387. The summed E-state index contributed by atoms with van der Waals surface area (Å²) in [6, 6.07) is 11.2. The summed E-state index contributed by atoms with van der Waals surface area (Å²) in [6.45, 7) is 1.61. The lowest BCUT2D eigenvalue weighted by Crippen LogP contribution is -2.27. The number of hydrogen-bond donors (Lipinski definition) is 2. The lowest BCUT2D eigenvalue weighted by Gasteiger charge is -2.10. The fourth-order valence-corrected chi connectivity index (χ4v) is 2.60. The molecule has 0 atom stereocenters. The lowest BCUT2D eigenvalue weighted by atomic mass is 10.0. The molecule has 0 bridgehead atoms. The number of nitrogens with zero attached hydrogens (tertiary/aromatic N) is 2. The largest absolute Gasteiger partial charge is 0.506 e. The van der Waals surface area contributed by atoms with Gasteiger partial charge in [-0.05, 0) is 30.5 Å². The van der Waals surface area contributed by atoms with E-state index in [4.69, 9.17) is 4.74 Å². The maximum Gasteiger partial charge on any atom is 0.347 e. The Kier molecular flexibility index (Phi) is 4.38. The minimum atomic E-state index is -1.08. The number of rotatable bonds is 4. The van der Waals surface area contributed by atoms with E-state index in [0.29, 0.717) is 6.42 Å². The van der Waals surface area contributed by atoms with E-state index in [2.05, 4.69) is 4.98 Å². The molecule has 7 heteroatoms. The van der Waals surface area contributed by atoms with Crippen molar-refractivity contribution in [3.05, 3.63) is 69.6 Å². The summed E-state index contributed by atoms with van der Waals surface area (Å²) >= 11 is 0. The Hall–Kier alpha value is -3.35. The predicted octanol–water partition coefficient (Wildman–Crippen LogP) is 2.11. The van der Waals surface area contributed by atoms with Gasteiger partial charge in [0.1, 0.15) is 5.75 Å². The molecule has 0 spiro atoms. The molecule has 0 amide bonds. The number of esters is 1. The molecule has 0 unspecified atom stereocenters. The van der Waals surface area contributed by atoms with E-state index in [9.17, 15) is 19.9 Å². The third kappa shape index (κ3) is 3.03. The molecule has 128 valence electrons. The molecular weight excluding hydrogens is 324 g/mol. The summed E-state index contributed by atoms with van der Waals surface area (Å²) < 4.78 is 5.02. The van der Waals surface area contributed by atoms with Crippen LogP contribution in [0.3, 0.4) is 0 Å². The molecule has 0 radical (unpaired) electrons. The van der Waals surface area contributed by atoms with Crippen LogP contribution in [0.15, 0.2) is 47.4 Å². The number of pyridine rings is 2. The molecule has 0 saturated heterocycles. The molecular formula is C18H16N2O5. The van der Waals surface area contributed by atoms with Crippen LogP contribution in [0, 0.1) is 0 Å². The second-order valence-electron chi connectivity index (χ2n) is 5.44. The summed E-state index contributed by atoms with van der Waals surface area (Å²) in [4.78, 5) is 28.1. The van der Waals surface area contributed by atoms with Crippen molar-refractivity contribution in [3.63, 3.8) is 0 Å². The summed E-state index contributed by atoms with van der Waals surface area (Å²) in [5.74, 6) is -1.55. The van der Waals surface area contributed by atoms with Crippen LogP contribution < -0.4 is 5.56 Å². The molecule has 2 N–H and O–H groups in total. The number of aromatic nitrogens is 2. The van der Waals surface area contributed by atoms with Crippen LogP contribution in [0.4, 0.5) is 0 Å². The Bertz CT molecular complexity index is 996. The fourth-order valence-electron chi connectivity index (χ4n) is 2.60. The first-order valence-electron chi connectivity index (χ1n) is 7.69. The molecule has 3 aromatic rings. The van der Waals surface area contributed by atoms with Crippen LogP contribution in [-0.2, 0) is 11.2 Å². The second-order valence-corrected chi connectivity index (χ2v) is 5.44. The van der Waals surface area contributed by atoms with E-state index in [0.717, 1.165) is 11.1 Å². The highest BCUT2D eigenvalue weighted by atomic mass is 16.5. The van der Waals surface area contributed by atoms with Crippen molar-refractivity contribution in [3.8, 4) is 5.75 Å². The molecule has 1 aromatic carbocycles. The normalized spacial score (nSPS) is 10.8. The highest BCUT2D eigenvalue weighted by Gasteiger charge is 2.24. The van der Waals surface area contributed by atoms with Gasteiger partial charge in [-0.2, -0.15) is 0 Å². The van der Waals surface area contributed by atoms with Crippen LogP contribution >= 0.6 is 0 Å². The van der Waals surface area contributed by atoms with E-state index >= 15 is 0 Å². The molecule has 0 aliphatic carbocycles. The summed E-state index contributed by atoms with van der Waals surface area (Å²) in [7, 11) is 0. The number of carbonyl (C=O) groups is 1. The van der Waals surface area contributed by atoms with Gasteiger partial charge in [0, 0.05) is 6.20 Å². The van der Waals surface area contributed by atoms with Gasteiger partial charge in [-0.3, -0.25) is 4.79 Å². The molecule has 25 heavy (non-hydrogen) atoms.